The van der Waals surface area contributed by atoms with E-state index in [-0.39, 0.29) is 10.9 Å². The molecule has 100 valence electrons. The highest BCUT2D eigenvalue weighted by molar-refractivity contribution is 7.89. The first-order chi connectivity index (χ1) is 8.41. The number of piperidine rings is 1. The lowest BCUT2D eigenvalue weighted by Crippen LogP contribution is -2.37. The van der Waals surface area contributed by atoms with Gasteiger partial charge < -0.3 is 9.52 Å². The van der Waals surface area contributed by atoms with E-state index >= 15 is 0 Å². The first-order valence-corrected chi connectivity index (χ1v) is 7.18. The minimum absolute atomic E-state index is 0.297. The van der Waals surface area contributed by atoms with Crippen molar-refractivity contribution in [3.63, 3.8) is 0 Å². The lowest BCUT2D eigenvalue weighted by Gasteiger charge is -2.28. The summed E-state index contributed by atoms with van der Waals surface area (Å²) < 4.78 is 30.5. The topological polar surface area (TPSA) is 87.8 Å². The van der Waals surface area contributed by atoms with Crippen molar-refractivity contribution in [2.24, 2.45) is 5.92 Å². The Balaban J connectivity index is 2.22. The summed E-state index contributed by atoms with van der Waals surface area (Å²) in [6, 6.07) is 2.35. The van der Waals surface area contributed by atoms with E-state index < -0.39 is 16.0 Å². The lowest BCUT2D eigenvalue weighted by molar-refractivity contribution is 0.0656. The average molecular weight is 273 g/mol. The monoisotopic (exact) mass is 273 g/mol. The van der Waals surface area contributed by atoms with E-state index in [0.717, 1.165) is 18.9 Å². The Morgan fingerprint density at radius 1 is 1.39 bits per heavy atom. The number of hydrogen-bond acceptors (Lipinski definition) is 4. The summed E-state index contributed by atoms with van der Waals surface area (Å²) in [6.45, 7) is 2.98. The van der Waals surface area contributed by atoms with Crippen molar-refractivity contribution in [1.82, 2.24) is 4.31 Å². The lowest BCUT2D eigenvalue weighted by atomic mass is 10.0. The minimum atomic E-state index is -3.69. The van der Waals surface area contributed by atoms with E-state index in [4.69, 9.17) is 9.52 Å². The van der Waals surface area contributed by atoms with Crippen molar-refractivity contribution < 1.29 is 22.7 Å². The molecule has 1 aliphatic heterocycles. The van der Waals surface area contributed by atoms with E-state index in [2.05, 4.69) is 6.92 Å². The summed E-state index contributed by atoms with van der Waals surface area (Å²) >= 11 is 0. The zero-order chi connectivity index (χ0) is 13.3. The van der Waals surface area contributed by atoms with E-state index in [1.54, 1.807) is 0 Å². The molecule has 0 saturated carbocycles. The fraction of sp³-hybridized carbons (Fsp3) is 0.545. The number of hydrogen-bond donors (Lipinski definition) is 1. The molecule has 6 nitrogen and oxygen atoms in total. The quantitative estimate of drug-likeness (QED) is 0.899. The van der Waals surface area contributed by atoms with Crippen molar-refractivity contribution in [2.75, 3.05) is 13.1 Å². The summed E-state index contributed by atoms with van der Waals surface area (Å²) in [5.41, 5.74) is 0. The van der Waals surface area contributed by atoms with Crippen LogP contribution in [0.15, 0.2) is 21.6 Å². The predicted molar refractivity (Wildman–Crippen MR) is 62.8 cm³/mol. The molecule has 0 amide bonds. The van der Waals surface area contributed by atoms with Gasteiger partial charge in [-0.1, -0.05) is 6.92 Å². The zero-order valence-corrected chi connectivity index (χ0v) is 10.8. The largest absolute Gasteiger partial charge is 0.475 e. The van der Waals surface area contributed by atoms with Crippen LogP contribution in [0.2, 0.25) is 0 Å². The van der Waals surface area contributed by atoms with E-state index in [9.17, 15) is 13.2 Å². The van der Waals surface area contributed by atoms with Gasteiger partial charge in [-0.25, -0.2) is 13.2 Å². The normalized spacial score (nSPS) is 18.9. The second kappa shape index (κ2) is 4.74. The van der Waals surface area contributed by atoms with E-state index in [0.29, 0.717) is 19.0 Å². The van der Waals surface area contributed by atoms with Gasteiger partial charge in [0.05, 0.1) is 0 Å². The number of carboxylic acids is 1. The van der Waals surface area contributed by atoms with Crippen molar-refractivity contribution in [3.05, 3.63) is 17.9 Å². The van der Waals surface area contributed by atoms with Crippen LogP contribution in [-0.2, 0) is 10.0 Å². The van der Waals surface area contributed by atoms with Gasteiger partial charge in [0.2, 0.25) is 10.9 Å². The maximum atomic E-state index is 12.2. The van der Waals surface area contributed by atoms with E-state index in [1.807, 2.05) is 0 Å². The van der Waals surface area contributed by atoms with Crippen LogP contribution < -0.4 is 0 Å². The number of nitrogens with zero attached hydrogens (tertiary/aromatic N) is 1. The molecule has 2 heterocycles. The molecule has 0 bridgehead atoms. The number of carbonyl (C=O) groups is 1. The smallest absolute Gasteiger partial charge is 0.371 e. The van der Waals surface area contributed by atoms with Crippen LogP contribution in [0.3, 0.4) is 0 Å². The zero-order valence-electron chi connectivity index (χ0n) is 10.00. The molecule has 1 N–H and O–H groups in total. The molecule has 1 fully saturated rings. The highest BCUT2D eigenvalue weighted by atomic mass is 32.2. The van der Waals surface area contributed by atoms with Gasteiger partial charge in [-0.3, -0.25) is 0 Å². The fourth-order valence-corrected chi connectivity index (χ4v) is 3.31. The Morgan fingerprint density at radius 3 is 2.50 bits per heavy atom. The van der Waals surface area contributed by atoms with Gasteiger partial charge in [0.15, 0.2) is 0 Å². The third-order valence-electron chi connectivity index (χ3n) is 3.13. The Hall–Kier alpha value is -1.34. The molecule has 0 aromatic carbocycles. The highest BCUT2D eigenvalue weighted by Crippen LogP contribution is 2.24. The minimum Gasteiger partial charge on any atom is -0.475 e. The van der Waals surface area contributed by atoms with Crippen LogP contribution in [-0.4, -0.2) is 36.9 Å². The second-order valence-corrected chi connectivity index (χ2v) is 6.38. The molecule has 0 radical (unpaired) electrons. The van der Waals surface area contributed by atoms with E-state index in [1.165, 1.54) is 10.4 Å². The summed E-state index contributed by atoms with van der Waals surface area (Å²) in [5.74, 6) is -1.12. The number of sulfonamides is 1. The first kappa shape index (κ1) is 13.1. The molecule has 0 unspecified atom stereocenters. The van der Waals surface area contributed by atoms with Crippen molar-refractivity contribution in [3.8, 4) is 0 Å². The summed E-state index contributed by atoms with van der Waals surface area (Å²) in [4.78, 5) is 10.7. The molecule has 2 rings (SSSR count). The Labute approximate surface area is 105 Å². The van der Waals surface area contributed by atoms with Gasteiger partial charge in [-0.2, -0.15) is 4.31 Å². The SMILES string of the molecule is CC1CCN(S(=O)(=O)c2ccc(C(=O)O)o2)CC1. The maximum absolute atomic E-state index is 12.2. The van der Waals surface area contributed by atoms with Crippen molar-refractivity contribution in [2.45, 2.75) is 24.9 Å². The number of carboxylic acid groups (broad SMARTS) is 1. The standard InChI is InChI=1S/C11H15NO5S/c1-8-4-6-12(7-5-8)18(15,16)10-3-2-9(17-10)11(13)14/h2-3,8H,4-7H2,1H3,(H,13,14). The molecule has 1 aliphatic rings. The Morgan fingerprint density at radius 2 is 2.00 bits per heavy atom. The molecule has 0 spiro atoms. The van der Waals surface area contributed by atoms with Gasteiger partial charge in [0.25, 0.3) is 10.0 Å². The van der Waals surface area contributed by atoms with Gasteiger partial charge in [0, 0.05) is 13.1 Å². The third kappa shape index (κ3) is 2.41. The van der Waals surface area contributed by atoms with Gasteiger partial charge in [0.1, 0.15) is 0 Å². The van der Waals surface area contributed by atoms with Crippen LogP contribution >= 0.6 is 0 Å². The highest BCUT2D eigenvalue weighted by Gasteiger charge is 2.31. The van der Waals surface area contributed by atoms with Gasteiger partial charge >= 0.3 is 5.97 Å². The number of furan rings is 1. The Kier molecular flexibility index (Phi) is 3.45. The molecule has 1 aromatic rings. The third-order valence-corrected chi connectivity index (χ3v) is 4.90. The summed E-state index contributed by atoms with van der Waals surface area (Å²) in [7, 11) is -3.69. The van der Waals surface area contributed by atoms with Crippen LogP contribution in [0, 0.1) is 5.92 Å². The summed E-state index contributed by atoms with van der Waals surface area (Å²) in [5, 5.41) is 8.41. The Bertz CT molecular complexity index is 540. The second-order valence-electron chi connectivity index (χ2n) is 4.51. The molecule has 7 heteroatoms. The van der Waals surface area contributed by atoms with Crippen LogP contribution in [0.25, 0.3) is 0 Å². The maximum Gasteiger partial charge on any atom is 0.371 e. The molecule has 18 heavy (non-hydrogen) atoms. The number of aromatic carboxylic acids is 1. The molecular formula is C11H15NO5S. The van der Waals surface area contributed by atoms with Gasteiger partial charge in [-0.15, -0.1) is 0 Å². The molecule has 0 atom stereocenters. The van der Waals surface area contributed by atoms with Crippen molar-refractivity contribution in [1.29, 1.82) is 0 Å². The number of rotatable bonds is 3. The first-order valence-electron chi connectivity index (χ1n) is 5.74. The van der Waals surface area contributed by atoms with Crippen molar-refractivity contribution >= 4 is 16.0 Å². The average Bonchev–Trinajstić information content (AvgIpc) is 2.79. The molecule has 1 aromatic heterocycles. The van der Waals surface area contributed by atoms with Gasteiger partial charge in [-0.05, 0) is 30.9 Å². The predicted octanol–water partition coefficient (Wildman–Crippen LogP) is 1.40. The molecule has 0 aliphatic carbocycles. The molecular weight excluding hydrogens is 258 g/mol. The fourth-order valence-electron chi connectivity index (χ4n) is 1.93. The van der Waals surface area contributed by atoms with Crippen LogP contribution in [0.1, 0.15) is 30.3 Å². The van der Waals surface area contributed by atoms with Crippen LogP contribution in [0.4, 0.5) is 0 Å². The molecule has 1 saturated heterocycles. The van der Waals surface area contributed by atoms with Crippen LogP contribution in [0.5, 0.6) is 0 Å². The summed E-state index contributed by atoms with van der Waals surface area (Å²) in [6.07, 6.45) is 1.62.